The van der Waals surface area contributed by atoms with Crippen molar-refractivity contribution in [2.45, 2.75) is 13.8 Å². The smallest absolute Gasteiger partial charge is 0.197 e. The quantitative estimate of drug-likeness (QED) is 0.724. The predicted molar refractivity (Wildman–Crippen MR) is 95.8 cm³/mol. The van der Waals surface area contributed by atoms with E-state index in [2.05, 4.69) is 34.9 Å². The Bertz CT molecular complexity index is 876. The van der Waals surface area contributed by atoms with Crippen LogP contribution in [0.1, 0.15) is 11.4 Å². The van der Waals surface area contributed by atoms with E-state index in [0.717, 1.165) is 60.2 Å². The SMILES string of the molecule is Cc1cc(C)n(-c2nc3ccccc3nc2N2CCN(C)CC2)n1. The largest absolute Gasteiger partial charge is 0.351 e. The molecule has 0 radical (unpaired) electrons. The maximum Gasteiger partial charge on any atom is 0.197 e. The topological polar surface area (TPSA) is 50.1 Å². The third-order valence-corrected chi connectivity index (χ3v) is 4.55. The van der Waals surface area contributed by atoms with Crippen molar-refractivity contribution >= 4 is 16.9 Å². The van der Waals surface area contributed by atoms with Gasteiger partial charge < -0.3 is 9.80 Å². The highest BCUT2D eigenvalue weighted by Gasteiger charge is 2.22. The van der Waals surface area contributed by atoms with E-state index in [1.54, 1.807) is 0 Å². The second kappa shape index (κ2) is 5.87. The second-order valence-corrected chi connectivity index (χ2v) is 6.49. The monoisotopic (exact) mass is 322 g/mol. The van der Waals surface area contributed by atoms with Crippen molar-refractivity contribution in [3.63, 3.8) is 0 Å². The lowest BCUT2D eigenvalue weighted by Crippen LogP contribution is -2.45. The molecule has 0 spiro atoms. The molecule has 1 fully saturated rings. The molecular weight excluding hydrogens is 300 g/mol. The summed E-state index contributed by atoms with van der Waals surface area (Å²) in [7, 11) is 2.16. The molecule has 1 aliphatic rings. The molecule has 4 rings (SSSR count). The maximum absolute atomic E-state index is 4.93. The lowest BCUT2D eigenvalue weighted by atomic mass is 10.3. The Morgan fingerprint density at radius 3 is 2.08 bits per heavy atom. The van der Waals surface area contributed by atoms with Crippen LogP contribution in [0.5, 0.6) is 0 Å². The standard InChI is InChI=1S/C18H22N6/c1-13-12-14(2)24(21-13)18-17(23-10-8-22(3)9-11-23)19-15-6-4-5-7-16(15)20-18/h4-7,12H,8-11H2,1-3H3. The summed E-state index contributed by atoms with van der Waals surface area (Å²) < 4.78 is 1.92. The van der Waals surface area contributed by atoms with Gasteiger partial charge in [-0.15, -0.1) is 0 Å². The molecule has 24 heavy (non-hydrogen) atoms. The molecule has 0 amide bonds. The summed E-state index contributed by atoms with van der Waals surface area (Å²) in [5.74, 6) is 1.75. The molecule has 0 N–H and O–H groups in total. The zero-order valence-corrected chi connectivity index (χ0v) is 14.4. The zero-order chi connectivity index (χ0) is 16.7. The van der Waals surface area contributed by atoms with E-state index >= 15 is 0 Å². The van der Waals surface area contributed by atoms with Gasteiger partial charge in [0, 0.05) is 31.9 Å². The molecule has 2 aromatic heterocycles. The number of likely N-dealkylation sites (N-methyl/N-ethyl adjacent to an activating group) is 1. The number of rotatable bonds is 2. The first-order valence-corrected chi connectivity index (χ1v) is 8.36. The van der Waals surface area contributed by atoms with Crippen molar-refractivity contribution < 1.29 is 0 Å². The number of anilines is 1. The van der Waals surface area contributed by atoms with Crippen LogP contribution in [0, 0.1) is 13.8 Å². The number of aryl methyl sites for hydroxylation is 2. The van der Waals surface area contributed by atoms with Crippen LogP contribution in [0.2, 0.25) is 0 Å². The van der Waals surface area contributed by atoms with E-state index in [-0.39, 0.29) is 0 Å². The van der Waals surface area contributed by atoms with E-state index in [1.165, 1.54) is 0 Å². The number of nitrogens with zero attached hydrogens (tertiary/aromatic N) is 6. The number of aromatic nitrogens is 4. The first-order valence-electron chi connectivity index (χ1n) is 8.36. The molecule has 0 atom stereocenters. The average Bonchev–Trinajstić information content (AvgIpc) is 2.92. The molecule has 1 aliphatic heterocycles. The van der Waals surface area contributed by atoms with Crippen molar-refractivity contribution in [1.82, 2.24) is 24.6 Å². The Morgan fingerprint density at radius 1 is 0.875 bits per heavy atom. The van der Waals surface area contributed by atoms with Crippen LogP contribution in [-0.4, -0.2) is 57.9 Å². The highest BCUT2D eigenvalue weighted by atomic mass is 15.4. The summed E-state index contributed by atoms with van der Waals surface area (Å²) in [6.07, 6.45) is 0. The Labute approximate surface area is 141 Å². The Kier molecular flexibility index (Phi) is 3.69. The number of hydrogen-bond acceptors (Lipinski definition) is 5. The molecular formula is C18H22N6. The number of benzene rings is 1. The lowest BCUT2D eigenvalue weighted by molar-refractivity contribution is 0.312. The minimum Gasteiger partial charge on any atom is -0.351 e. The average molecular weight is 322 g/mol. The van der Waals surface area contributed by atoms with E-state index in [4.69, 9.17) is 9.97 Å². The van der Waals surface area contributed by atoms with E-state index in [1.807, 2.05) is 35.9 Å². The third-order valence-electron chi connectivity index (χ3n) is 4.55. The van der Waals surface area contributed by atoms with E-state index < -0.39 is 0 Å². The number of para-hydroxylation sites is 2. The summed E-state index contributed by atoms with van der Waals surface area (Å²) in [6.45, 7) is 8.04. The van der Waals surface area contributed by atoms with Crippen molar-refractivity contribution in [1.29, 1.82) is 0 Å². The molecule has 124 valence electrons. The van der Waals surface area contributed by atoms with Crippen molar-refractivity contribution in [3.8, 4) is 5.82 Å². The fraction of sp³-hybridized carbons (Fsp3) is 0.389. The molecule has 1 aromatic carbocycles. The number of hydrogen-bond donors (Lipinski definition) is 0. The van der Waals surface area contributed by atoms with Crippen molar-refractivity contribution in [2.75, 3.05) is 38.1 Å². The lowest BCUT2D eigenvalue weighted by Gasteiger charge is -2.34. The van der Waals surface area contributed by atoms with Crippen LogP contribution in [0.15, 0.2) is 30.3 Å². The summed E-state index contributed by atoms with van der Waals surface area (Å²) >= 11 is 0. The van der Waals surface area contributed by atoms with Crippen LogP contribution in [-0.2, 0) is 0 Å². The van der Waals surface area contributed by atoms with Crippen LogP contribution < -0.4 is 4.90 Å². The van der Waals surface area contributed by atoms with Gasteiger partial charge in [-0.3, -0.25) is 0 Å². The summed E-state index contributed by atoms with van der Waals surface area (Å²) in [4.78, 5) is 14.5. The minimum atomic E-state index is 0.823. The molecule has 6 heteroatoms. The second-order valence-electron chi connectivity index (χ2n) is 6.49. The van der Waals surface area contributed by atoms with Crippen LogP contribution in [0.4, 0.5) is 5.82 Å². The highest BCUT2D eigenvalue weighted by molar-refractivity contribution is 5.78. The van der Waals surface area contributed by atoms with Crippen LogP contribution in [0.25, 0.3) is 16.9 Å². The Hall–Kier alpha value is -2.47. The van der Waals surface area contributed by atoms with E-state index in [0.29, 0.717) is 0 Å². The molecule has 3 heterocycles. The zero-order valence-electron chi connectivity index (χ0n) is 14.4. The molecule has 0 bridgehead atoms. The highest BCUT2D eigenvalue weighted by Crippen LogP contribution is 2.25. The molecule has 1 saturated heterocycles. The Morgan fingerprint density at radius 2 is 1.50 bits per heavy atom. The van der Waals surface area contributed by atoms with Crippen LogP contribution in [0.3, 0.4) is 0 Å². The van der Waals surface area contributed by atoms with Gasteiger partial charge >= 0.3 is 0 Å². The van der Waals surface area contributed by atoms with Gasteiger partial charge in [0.15, 0.2) is 11.6 Å². The molecule has 0 unspecified atom stereocenters. The molecule has 0 aliphatic carbocycles. The van der Waals surface area contributed by atoms with Crippen LogP contribution >= 0.6 is 0 Å². The number of fused-ring (bicyclic) bond motifs is 1. The first-order chi connectivity index (χ1) is 11.6. The number of piperazine rings is 1. The minimum absolute atomic E-state index is 0.823. The van der Waals surface area contributed by atoms with Crippen molar-refractivity contribution in [3.05, 3.63) is 41.7 Å². The molecule has 6 nitrogen and oxygen atoms in total. The fourth-order valence-corrected chi connectivity index (χ4v) is 3.20. The van der Waals surface area contributed by atoms with Gasteiger partial charge in [0.1, 0.15) is 0 Å². The summed E-state index contributed by atoms with van der Waals surface area (Å²) in [5.41, 5.74) is 3.90. The summed E-state index contributed by atoms with van der Waals surface area (Å²) in [6, 6.07) is 10.1. The van der Waals surface area contributed by atoms with Gasteiger partial charge in [-0.2, -0.15) is 5.10 Å². The first kappa shape index (κ1) is 15.1. The Balaban J connectivity index is 1.89. The van der Waals surface area contributed by atoms with Gasteiger partial charge in [-0.25, -0.2) is 14.6 Å². The van der Waals surface area contributed by atoms with Gasteiger partial charge in [-0.05, 0) is 39.1 Å². The summed E-state index contributed by atoms with van der Waals surface area (Å²) in [5, 5.41) is 4.63. The van der Waals surface area contributed by atoms with Gasteiger partial charge in [0.25, 0.3) is 0 Å². The van der Waals surface area contributed by atoms with E-state index in [9.17, 15) is 0 Å². The third kappa shape index (κ3) is 2.63. The molecule has 0 saturated carbocycles. The van der Waals surface area contributed by atoms with Gasteiger partial charge in [-0.1, -0.05) is 12.1 Å². The van der Waals surface area contributed by atoms with Crippen molar-refractivity contribution in [2.24, 2.45) is 0 Å². The predicted octanol–water partition coefficient (Wildman–Crippen LogP) is 2.18. The maximum atomic E-state index is 4.93. The van der Waals surface area contributed by atoms with Gasteiger partial charge in [0.05, 0.1) is 16.7 Å². The molecule has 3 aromatic rings. The normalized spacial score (nSPS) is 16.0. The fourth-order valence-electron chi connectivity index (χ4n) is 3.20. The van der Waals surface area contributed by atoms with Gasteiger partial charge in [0.2, 0.25) is 0 Å².